The third kappa shape index (κ3) is 4.91. The molecule has 1 amide bonds. The zero-order chi connectivity index (χ0) is 19.2. The Morgan fingerprint density at radius 2 is 1.64 bits per heavy atom. The quantitative estimate of drug-likeness (QED) is 0.805. The summed E-state index contributed by atoms with van der Waals surface area (Å²) >= 11 is 1.50. The summed E-state index contributed by atoms with van der Waals surface area (Å²) in [4.78, 5) is 17.8. The summed E-state index contributed by atoms with van der Waals surface area (Å²) < 4.78 is 10.8. The third-order valence-electron chi connectivity index (χ3n) is 5.22. The Hall–Kier alpha value is -1.93. The molecule has 0 spiro atoms. The van der Waals surface area contributed by atoms with Crippen LogP contribution in [-0.2, 0) is 9.47 Å². The van der Waals surface area contributed by atoms with Crippen molar-refractivity contribution in [3.05, 3.63) is 40.6 Å². The molecule has 2 aliphatic rings. The van der Waals surface area contributed by atoms with Gasteiger partial charge in [-0.25, -0.2) is 0 Å². The summed E-state index contributed by atoms with van der Waals surface area (Å²) in [5, 5.41) is 5.09. The topological polar surface area (TPSA) is 54.0 Å². The smallest absolute Gasteiger partial charge is 0.261 e. The number of carbonyl (C=O) groups is 1. The predicted octanol–water partition coefficient (Wildman–Crippen LogP) is 2.31. The van der Waals surface area contributed by atoms with Gasteiger partial charge in [0.1, 0.15) is 0 Å². The van der Waals surface area contributed by atoms with Crippen LogP contribution in [0.25, 0.3) is 11.1 Å². The summed E-state index contributed by atoms with van der Waals surface area (Å²) in [5.41, 5.74) is 3.46. The number of anilines is 1. The van der Waals surface area contributed by atoms with Crippen LogP contribution < -0.4 is 10.2 Å². The molecular formula is C21H27N3O3S. The molecule has 3 heterocycles. The van der Waals surface area contributed by atoms with Gasteiger partial charge in [0.2, 0.25) is 0 Å². The Morgan fingerprint density at radius 1 is 0.964 bits per heavy atom. The maximum absolute atomic E-state index is 12.4. The molecule has 1 N–H and O–H groups in total. The summed E-state index contributed by atoms with van der Waals surface area (Å²) in [5.74, 6) is 0.00875. The monoisotopic (exact) mass is 401 g/mol. The molecule has 0 bridgehead atoms. The van der Waals surface area contributed by atoms with E-state index in [0.29, 0.717) is 6.54 Å². The highest BCUT2D eigenvalue weighted by Crippen LogP contribution is 2.28. The average molecular weight is 402 g/mol. The van der Waals surface area contributed by atoms with Gasteiger partial charge < -0.3 is 19.7 Å². The number of hydrogen-bond acceptors (Lipinski definition) is 6. The van der Waals surface area contributed by atoms with Crippen molar-refractivity contribution in [1.29, 1.82) is 0 Å². The van der Waals surface area contributed by atoms with Crippen molar-refractivity contribution in [3.63, 3.8) is 0 Å². The van der Waals surface area contributed by atoms with Crippen LogP contribution in [0.15, 0.2) is 35.7 Å². The fourth-order valence-electron chi connectivity index (χ4n) is 3.53. The first-order valence-corrected chi connectivity index (χ1v) is 10.8. The van der Waals surface area contributed by atoms with E-state index in [-0.39, 0.29) is 5.91 Å². The minimum absolute atomic E-state index is 0.00875. The normalized spacial score (nSPS) is 18.2. The van der Waals surface area contributed by atoms with Gasteiger partial charge in [-0.2, -0.15) is 0 Å². The number of morpholine rings is 2. The van der Waals surface area contributed by atoms with Crippen molar-refractivity contribution < 1.29 is 14.3 Å². The van der Waals surface area contributed by atoms with Crippen LogP contribution >= 0.6 is 11.3 Å². The summed E-state index contributed by atoms with van der Waals surface area (Å²) in [6.45, 7) is 8.44. The maximum atomic E-state index is 12.4. The van der Waals surface area contributed by atoms with E-state index in [1.807, 2.05) is 6.07 Å². The number of amides is 1. The first kappa shape index (κ1) is 19.4. The highest BCUT2D eigenvalue weighted by Gasteiger charge is 2.14. The van der Waals surface area contributed by atoms with Gasteiger partial charge in [-0.1, -0.05) is 12.1 Å². The van der Waals surface area contributed by atoms with E-state index in [2.05, 4.69) is 44.8 Å². The lowest BCUT2D eigenvalue weighted by Gasteiger charge is -2.28. The number of ether oxygens (including phenoxy) is 2. The lowest BCUT2D eigenvalue weighted by molar-refractivity contribution is 0.0383. The molecule has 2 saturated heterocycles. The van der Waals surface area contributed by atoms with Crippen LogP contribution in [-0.4, -0.2) is 76.5 Å². The molecular weight excluding hydrogens is 374 g/mol. The highest BCUT2D eigenvalue weighted by molar-refractivity contribution is 7.12. The molecule has 2 fully saturated rings. The SMILES string of the molecule is O=C(NCCN1CCOCC1)c1cc(-c2ccc(N3CCOCC3)cc2)cs1. The Bertz CT molecular complexity index is 765. The molecule has 0 unspecified atom stereocenters. The summed E-state index contributed by atoms with van der Waals surface area (Å²) in [6.07, 6.45) is 0. The van der Waals surface area contributed by atoms with Crippen LogP contribution in [0.1, 0.15) is 9.67 Å². The number of carbonyl (C=O) groups excluding carboxylic acids is 1. The van der Waals surface area contributed by atoms with E-state index < -0.39 is 0 Å². The number of nitrogens with zero attached hydrogens (tertiary/aromatic N) is 2. The molecule has 7 heteroatoms. The molecule has 0 aliphatic carbocycles. The number of rotatable bonds is 6. The van der Waals surface area contributed by atoms with Crippen molar-refractivity contribution in [2.75, 3.05) is 70.6 Å². The van der Waals surface area contributed by atoms with Crippen molar-refractivity contribution >= 4 is 22.9 Å². The largest absolute Gasteiger partial charge is 0.379 e. The molecule has 28 heavy (non-hydrogen) atoms. The van der Waals surface area contributed by atoms with Gasteiger partial charge in [-0.05, 0) is 34.7 Å². The Kier molecular flexibility index (Phi) is 6.59. The van der Waals surface area contributed by atoms with E-state index in [0.717, 1.165) is 75.2 Å². The number of thiophene rings is 1. The first-order chi connectivity index (χ1) is 13.8. The van der Waals surface area contributed by atoms with Crippen molar-refractivity contribution in [2.45, 2.75) is 0 Å². The minimum atomic E-state index is 0.00875. The fraction of sp³-hybridized carbons (Fsp3) is 0.476. The maximum Gasteiger partial charge on any atom is 0.261 e. The molecule has 4 rings (SSSR count). The van der Waals surface area contributed by atoms with Crippen molar-refractivity contribution in [1.82, 2.24) is 10.2 Å². The van der Waals surface area contributed by atoms with Crippen molar-refractivity contribution in [2.24, 2.45) is 0 Å². The van der Waals surface area contributed by atoms with E-state index in [9.17, 15) is 4.79 Å². The average Bonchev–Trinajstić information content (AvgIpc) is 3.26. The molecule has 0 atom stereocenters. The predicted molar refractivity (Wildman–Crippen MR) is 112 cm³/mol. The van der Waals surface area contributed by atoms with Gasteiger partial charge in [0.25, 0.3) is 5.91 Å². The Balaban J connectivity index is 1.31. The molecule has 150 valence electrons. The second kappa shape index (κ2) is 9.52. The zero-order valence-electron chi connectivity index (χ0n) is 16.1. The van der Waals surface area contributed by atoms with Gasteiger partial charge >= 0.3 is 0 Å². The van der Waals surface area contributed by atoms with E-state index in [1.54, 1.807) is 0 Å². The standard InChI is InChI=1S/C21H27N3O3S/c25-21(22-5-6-23-7-11-26-12-8-23)20-15-18(16-28-20)17-1-3-19(4-2-17)24-9-13-27-14-10-24/h1-4,15-16H,5-14H2,(H,22,25). The van der Waals surface area contributed by atoms with Crippen LogP contribution in [0, 0.1) is 0 Å². The molecule has 6 nitrogen and oxygen atoms in total. The van der Waals surface area contributed by atoms with Gasteiger partial charge in [0.05, 0.1) is 31.3 Å². The van der Waals surface area contributed by atoms with Gasteiger partial charge in [0.15, 0.2) is 0 Å². The second-order valence-corrected chi connectivity index (χ2v) is 7.97. The minimum Gasteiger partial charge on any atom is -0.379 e. The molecule has 2 aliphatic heterocycles. The van der Waals surface area contributed by atoms with Crippen molar-refractivity contribution in [3.8, 4) is 11.1 Å². The van der Waals surface area contributed by atoms with E-state index in [4.69, 9.17) is 9.47 Å². The second-order valence-electron chi connectivity index (χ2n) is 7.06. The van der Waals surface area contributed by atoms with Crippen LogP contribution in [0.2, 0.25) is 0 Å². The molecule has 2 aromatic rings. The Morgan fingerprint density at radius 3 is 2.36 bits per heavy atom. The molecule has 1 aromatic carbocycles. The van der Waals surface area contributed by atoms with Gasteiger partial charge in [-0.3, -0.25) is 9.69 Å². The fourth-order valence-corrected chi connectivity index (χ4v) is 4.36. The van der Waals surface area contributed by atoms with Crippen LogP contribution in [0.5, 0.6) is 0 Å². The Labute approximate surface area is 170 Å². The zero-order valence-corrected chi connectivity index (χ0v) is 16.9. The molecule has 0 radical (unpaired) electrons. The van der Waals surface area contributed by atoms with E-state index in [1.165, 1.54) is 17.0 Å². The first-order valence-electron chi connectivity index (χ1n) is 9.89. The third-order valence-corrected chi connectivity index (χ3v) is 6.15. The lowest BCUT2D eigenvalue weighted by atomic mass is 10.1. The van der Waals surface area contributed by atoms with Crippen LogP contribution in [0.3, 0.4) is 0 Å². The molecule has 1 aromatic heterocycles. The lowest BCUT2D eigenvalue weighted by Crippen LogP contribution is -2.41. The van der Waals surface area contributed by atoms with Gasteiger partial charge in [0, 0.05) is 45.0 Å². The number of nitrogens with one attached hydrogen (secondary N) is 1. The summed E-state index contributed by atoms with van der Waals surface area (Å²) in [6, 6.07) is 10.6. The molecule has 0 saturated carbocycles. The van der Waals surface area contributed by atoms with Crippen LogP contribution in [0.4, 0.5) is 5.69 Å². The number of hydrogen-bond donors (Lipinski definition) is 1. The number of benzene rings is 1. The van der Waals surface area contributed by atoms with Gasteiger partial charge in [-0.15, -0.1) is 11.3 Å². The highest BCUT2D eigenvalue weighted by atomic mass is 32.1. The summed E-state index contributed by atoms with van der Waals surface area (Å²) in [7, 11) is 0. The van der Waals surface area contributed by atoms with E-state index >= 15 is 0 Å².